The third-order valence-electron chi connectivity index (χ3n) is 2.81. The molecule has 1 heterocycles. The number of anilines is 1. The summed E-state index contributed by atoms with van der Waals surface area (Å²) in [5, 5.41) is 0.611. The normalized spacial score (nSPS) is 16.6. The summed E-state index contributed by atoms with van der Waals surface area (Å²) < 4.78 is 5.42. The molecule has 0 spiro atoms. The molecule has 0 unspecified atom stereocenters. The van der Waals surface area contributed by atoms with Crippen LogP contribution < -0.4 is 10.6 Å². The van der Waals surface area contributed by atoms with Crippen molar-refractivity contribution >= 4 is 34.5 Å². The van der Waals surface area contributed by atoms with E-state index in [2.05, 4.69) is 4.90 Å². The second kappa shape index (κ2) is 5.67. The number of ether oxygens (including phenoxy) is 1. The van der Waals surface area contributed by atoms with E-state index in [1.807, 2.05) is 18.2 Å². The molecule has 1 aliphatic heterocycles. The molecular formula is C12H15ClN2OS. The van der Waals surface area contributed by atoms with Crippen molar-refractivity contribution in [3.05, 3.63) is 28.8 Å². The van der Waals surface area contributed by atoms with Gasteiger partial charge in [-0.1, -0.05) is 23.8 Å². The van der Waals surface area contributed by atoms with Gasteiger partial charge in [-0.3, -0.25) is 0 Å². The van der Waals surface area contributed by atoms with Gasteiger partial charge in [0.25, 0.3) is 0 Å². The lowest BCUT2D eigenvalue weighted by molar-refractivity contribution is 0.152. The first-order valence-electron chi connectivity index (χ1n) is 5.60. The van der Waals surface area contributed by atoms with Gasteiger partial charge in [-0.25, -0.2) is 0 Å². The average molecular weight is 271 g/mol. The Morgan fingerprint density at radius 1 is 1.35 bits per heavy atom. The van der Waals surface area contributed by atoms with Crippen LogP contribution >= 0.6 is 23.8 Å². The number of hydrogen-bond acceptors (Lipinski definition) is 3. The van der Waals surface area contributed by atoms with E-state index in [1.165, 1.54) is 0 Å². The van der Waals surface area contributed by atoms with E-state index in [9.17, 15) is 0 Å². The molecule has 17 heavy (non-hydrogen) atoms. The van der Waals surface area contributed by atoms with Gasteiger partial charge in [-0.05, 0) is 24.6 Å². The summed E-state index contributed by atoms with van der Waals surface area (Å²) in [6, 6.07) is 5.80. The zero-order valence-electron chi connectivity index (χ0n) is 9.49. The lowest BCUT2D eigenvalue weighted by Crippen LogP contribution is -2.26. The first kappa shape index (κ1) is 12.6. The minimum Gasteiger partial charge on any atom is -0.389 e. The van der Waals surface area contributed by atoms with Crippen LogP contribution in [-0.4, -0.2) is 31.3 Å². The van der Waals surface area contributed by atoms with Crippen LogP contribution in [0.1, 0.15) is 12.0 Å². The van der Waals surface area contributed by atoms with Crippen molar-refractivity contribution < 1.29 is 4.74 Å². The Bertz CT molecular complexity index is 417. The molecule has 92 valence electrons. The van der Waals surface area contributed by atoms with Gasteiger partial charge in [0.1, 0.15) is 4.99 Å². The topological polar surface area (TPSA) is 38.5 Å². The summed E-state index contributed by atoms with van der Waals surface area (Å²) in [5.74, 6) is 0. The van der Waals surface area contributed by atoms with Crippen LogP contribution in [0.5, 0.6) is 0 Å². The van der Waals surface area contributed by atoms with Gasteiger partial charge in [0.05, 0.1) is 11.6 Å². The van der Waals surface area contributed by atoms with E-state index in [0.29, 0.717) is 10.0 Å². The van der Waals surface area contributed by atoms with Crippen molar-refractivity contribution in [3.63, 3.8) is 0 Å². The molecule has 5 heteroatoms. The Kier molecular flexibility index (Phi) is 4.20. The highest BCUT2D eigenvalue weighted by molar-refractivity contribution is 7.80. The van der Waals surface area contributed by atoms with Crippen LogP contribution in [0, 0.1) is 0 Å². The van der Waals surface area contributed by atoms with Gasteiger partial charge < -0.3 is 15.4 Å². The van der Waals surface area contributed by atoms with Crippen molar-refractivity contribution in [1.29, 1.82) is 0 Å². The number of nitrogens with zero attached hydrogens (tertiary/aromatic N) is 1. The zero-order valence-corrected chi connectivity index (χ0v) is 11.1. The maximum absolute atomic E-state index is 6.16. The highest BCUT2D eigenvalue weighted by Gasteiger charge is 2.12. The van der Waals surface area contributed by atoms with Crippen molar-refractivity contribution in [2.45, 2.75) is 6.42 Å². The van der Waals surface area contributed by atoms with Crippen LogP contribution in [-0.2, 0) is 4.74 Å². The number of hydrogen-bond donors (Lipinski definition) is 1. The fourth-order valence-electron chi connectivity index (χ4n) is 1.90. The summed E-state index contributed by atoms with van der Waals surface area (Å²) in [7, 11) is 0. The van der Waals surface area contributed by atoms with E-state index < -0.39 is 0 Å². The summed E-state index contributed by atoms with van der Waals surface area (Å²) in [5.41, 5.74) is 7.41. The Balaban J connectivity index is 2.21. The van der Waals surface area contributed by atoms with Crippen molar-refractivity contribution in [1.82, 2.24) is 0 Å². The van der Waals surface area contributed by atoms with Crippen LogP contribution in [0.4, 0.5) is 5.69 Å². The lowest BCUT2D eigenvalue weighted by atomic mass is 10.2. The Morgan fingerprint density at radius 2 is 2.18 bits per heavy atom. The second-order valence-corrected chi connectivity index (χ2v) is 4.83. The highest BCUT2D eigenvalue weighted by atomic mass is 35.5. The van der Waals surface area contributed by atoms with Crippen LogP contribution in [0.25, 0.3) is 0 Å². The molecule has 0 aromatic heterocycles. The summed E-state index contributed by atoms with van der Waals surface area (Å²) in [4.78, 5) is 2.60. The predicted molar refractivity (Wildman–Crippen MR) is 75.0 cm³/mol. The van der Waals surface area contributed by atoms with Gasteiger partial charge in [0, 0.05) is 30.9 Å². The Hall–Kier alpha value is -0.840. The maximum atomic E-state index is 6.16. The zero-order chi connectivity index (χ0) is 12.3. The van der Waals surface area contributed by atoms with Gasteiger partial charge in [0.15, 0.2) is 0 Å². The van der Waals surface area contributed by atoms with Crippen LogP contribution in [0.3, 0.4) is 0 Å². The molecule has 2 N–H and O–H groups in total. The first-order chi connectivity index (χ1) is 8.18. The van der Waals surface area contributed by atoms with E-state index in [1.54, 1.807) is 0 Å². The number of thiocarbonyl (C=S) groups is 1. The van der Waals surface area contributed by atoms with Crippen LogP contribution in [0.2, 0.25) is 5.02 Å². The summed E-state index contributed by atoms with van der Waals surface area (Å²) in [6.45, 7) is 3.47. The van der Waals surface area contributed by atoms with Gasteiger partial charge in [0.2, 0.25) is 0 Å². The van der Waals surface area contributed by atoms with E-state index in [-0.39, 0.29) is 0 Å². The van der Waals surface area contributed by atoms with Gasteiger partial charge >= 0.3 is 0 Å². The first-order valence-corrected chi connectivity index (χ1v) is 6.39. The molecule has 1 aromatic carbocycles. The second-order valence-electron chi connectivity index (χ2n) is 3.98. The maximum Gasteiger partial charge on any atom is 0.105 e. The molecule has 1 fully saturated rings. The fraction of sp³-hybridized carbons (Fsp3) is 0.417. The summed E-state index contributed by atoms with van der Waals surface area (Å²) in [6.07, 6.45) is 1.04. The third kappa shape index (κ3) is 3.09. The van der Waals surface area contributed by atoms with E-state index in [4.69, 9.17) is 34.3 Å². The molecule has 0 radical (unpaired) electrons. The van der Waals surface area contributed by atoms with Gasteiger partial charge in [-0.2, -0.15) is 0 Å². The molecule has 0 bridgehead atoms. The quantitative estimate of drug-likeness (QED) is 0.837. The molecule has 0 saturated carbocycles. The number of halogens is 1. The number of rotatable bonds is 2. The SMILES string of the molecule is NC(=S)c1ccc(N2CCCOCC2)cc1Cl. The molecule has 0 aliphatic carbocycles. The molecule has 3 nitrogen and oxygen atoms in total. The fourth-order valence-corrected chi connectivity index (χ4v) is 2.42. The Morgan fingerprint density at radius 3 is 2.88 bits per heavy atom. The van der Waals surface area contributed by atoms with Gasteiger partial charge in [-0.15, -0.1) is 0 Å². The molecule has 0 atom stereocenters. The van der Waals surface area contributed by atoms with Crippen LogP contribution in [0.15, 0.2) is 18.2 Å². The van der Waals surface area contributed by atoms with Crippen molar-refractivity contribution in [2.75, 3.05) is 31.2 Å². The molecule has 1 aliphatic rings. The Labute approximate surface area is 111 Å². The molecule has 1 saturated heterocycles. The molecular weight excluding hydrogens is 256 g/mol. The average Bonchev–Trinajstić information content (AvgIpc) is 2.56. The largest absolute Gasteiger partial charge is 0.389 e. The standard InChI is InChI=1S/C12H15ClN2OS/c13-11-8-9(2-3-10(11)12(14)17)15-4-1-6-16-7-5-15/h2-3,8H,1,4-7H2,(H2,14,17). The number of benzene rings is 1. The van der Waals surface area contributed by atoms with Crippen molar-refractivity contribution in [3.8, 4) is 0 Å². The smallest absolute Gasteiger partial charge is 0.105 e. The third-order valence-corrected chi connectivity index (χ3v) is 3.34. The van der Waals surface area contributed by atoms with Crippen molar-refractivity contribution in [2.24, 2.45) is 5.73 Å². The minimum atomic E-state index is 0.334. The number of nitrogens with two attached hydrogens (primary N) is 1. The monoisotopic (exact) mass is 270 g/mol. The van der Waals surface area contributed by atoms with E-state index >= 15 is 0 Å². The lowest BCUT2D eigenvalue weighted by Gasteiger charge is -2.22. The molecule has 1 aromatic rings. The molecule has 0 amide bonds. The highest BCUT2D eigenvalue weighted by Crippen LogP contribution is 2.24. The minimum absolute atomic E-state index is 0.334. The predicted octanol–water partition coefficient (Wildman–Crippen LogP) is 2.20. The summed E-state index contributed by atoms with van der Waals surface area (Å²) >= 11 is 11.1. The molecule has 2 rings (SSSR count). The van der Waals surface area contributed by atoms with E-state index in [0.717, 1.165) is 44.0 Å².